The van der Waals surface area contributed by atoms with Gasteiger partial charge in [-0.3, -0.25) is 4.79 Å². The van der Waals surface area contributed by atoms with Crippen molar-refractivity contribution in [2.24, 2.45) is 0 Å². The number of hydrogen-bond acceptors (Lipinski definition) is 5. The van der Waals surface area contributed by atoms with Crippen molar-refractivity contribution in [3.8, 4) is 5.13 Å². The number of aromatic nitrogens is 4. The molecule has 0 saturated carbocycles. The Morgan fingerprint density at radius 3 is 2.79 bits per heavy atom. The molecular formula is C13H10N4OS. The molecule has 3 aromatic rings. The number of rotatable bonds is 4. The summed E-state index contributed by atoms with van der Waals surface area (Å²) in [5, 5.41) is 10.5. The van der Waals surface area contributed by atoms with E-state index in [1.54, 1.807) is 10.9 Å². The van der Waals surface area contributed by atoms with E-state index < -0.39 is 0 Å². The van der Waals surface area contributed by atoms with Crippen LogP contribution in [0.4, 0.5) is 0 Å². The van der Waals surface area contributed by atoms with Crippen molar-refractivity contribution < 1.29 is 4.79 Å². The third-order valence-electron chi connectivity index (χ3n) is 2.72. The molecule has 0 fully saturated rings. The fourth-order valence-corrected chi connectivity index (χ4v) is 2.45. The largest absolute Gasteiger partial charge is 0.296 e. The van der Waals surface area contributed by atoms with Gasteiger partial charge in [-0.15, -0.1) is 16.4 Å². The molecule has 3 rings (SSSR count). The molecule has 0 amide bonds. The first-order valence-electron chi connectivity index (χ1n) is 5.72. The van der Waals surface area contributed by atoms with Crippen LogP contribution in [0, 0.1) is 0 Å². The van der Waals surface area contributed by atoms with Gasteiger partial charge in [0.25, 0.3) is 0 Å². The minimum absolute atomic E-state index is 0.360. The summed E-state index contributed by atoms with van der Waals surface area (Å²) in [4.78, 5) is 15.3. The molecule has 2 aromatic heterocycles. The van der Waals surface area contributed by atoms with Gasteiger partial charge in [-0.25, -0.2) is 4.98 Å². The summed E-state index contributed by atoms with van der Waals surface area (Å²) in [6.45, 7) is 0. The number of aldehydes is 1. The Bertz CT molecular complexity index is 676. The predicted octanol–water partition coefficient (Wildman–Crippen LogP) is 2.13. The van der Waals surface area contributed by atoms with Gasteiger partial charge in [-0.2, -0.15) is 4.68 Å². The highest BCUT2D eigenvalue weighted by Crippen LogP contribution is 2.17. The number of benzene rings is 1. The van der Waals surface area contributed by atoms with Crippen molar-refractivity contribution in [3.63, 3.8) is 0 Å². The summed E-state index contributed by atoms with van der Waals surface area (Å²) in [7, 11) is 0. The number of hydrogen-bond donors (Lipinski definition) is 0. The lowest BCUT2D eigenvalue weighted by atomic mass is 10.1. The summed E-state index contributed by atoms with van der Waals surface area (Å²) in [6.07, 6.45) is 3.03. The van der Waals surface area contributed by atoms with E-state index in [2.05, 4.69) is 15.3 Å². The molecule has 19 heavy (non-hydrogen) atoms. The van der Waals surface area contributed by atoms with E-state index in [0.29, 0.717) is 17.2 Å². The van der Waals surface area contributed by atoms with Crippen LogP contribution in [0.15, 0.2) is 41.9 Å². The topological polar surface area (TPSA) is 60.7 Å². The van der Waals surface area contributed by atoms with Crippen molar-refractivity contribution in [3.05, 3.63) is 58.9 Å². The smallest absolute Gasteiger partial charge is 0.211 e. The number of thiazole rings is 1. The zero-order chi connectivity index (χ0) is 13.1. The molecule has 6 heteroatoms. The van der Waals surface area contributed by atoms with Crippen molar-refractivity contribution in [1.82, 2.24) is 20.0 Å². The van der Waals surface area contributed by atoms with E-state index in [4.69, 9.17) is 0 Å². The second kappa shape index (κ2) is 5.11. The summed E-state index contributed by atoms with van der Waals surface area (Å²) in [6, 6.07) is 9.91. The number of carbonyl (C=O) groups is 1. The Kier molecular flexibility index (Phi) is 3.16. The van der Waals surface area contributed by atoms with Crippen molar-refractivity contribution in [2.75, 3.05) is 0 Å². The van der Waals surface area contributed by atoms with Gasteiger partial charge >= 0.3 is 0 Å². The second-order valence-corrected chi connectivity index (χ2v) is 4.80. The van der Waals surface area contributed by atoms with E-state index in [1.807, 2.05) is 35.7 Å². The van der Waals surface area contributed by atoms with Crippen molar-refractivity contribution in [2.45, 2.75) is 6.42 Å². The van der Waals surface area contributed by atoms with Crippen LogP contribution in [-0.2, 0) is 6.42 Å². The van der Waals surface area contributed by atoms with Crippen LogP contribution in [0.1, 0.15) is 21.7 Å². The highest BCUT2D eigenvalue weighted by Gasteiger charge is 2.15. The summed E-state index contributed by atoms with van der Waals surface area (Å²) >= 11 is 1.46. The quantitative estimate of drug-likeness (QED) is 0.681. The summed E-state index contributed by atoms with van der Waals surface area (Å²) in [5.74, 6) is 0. The third-order valence-corrected chi connectivity index (χ3v) is 3.47. The molecule has 0 N–H and O–H groups in total. The van der Waals surface area contributed by atoms with E-state index in [-0.39, 0.29) is 0 Å². The predicted molar refractivity (Wildman–Crippen MR) is 71.7 cm³/mol. The first-order chi connectivity index (χ1) is 9.38. The zero-order valence-corrected chi connectivity index (χ0v) is 10.7. The molecule has 94 valence electrons. The van der Waals surface area contributed by atoms with Gasteiger partial charge in [0.1, 0.15) is 5.69 Å². The molecule has 0 atom stereocenters. The molecule has 0 aliphatic carbocycles. The average molecular weight is 270 g/mol. The van der Waals surface area contributed by atoms with Crippen LogP contribution >= 0.6 is 11.3 Å². The van der Waals surface area contributed by atoms with E-state index >= 15 is 0 Å². The van der Waals surface area contributed by atoms with Crippen LogP contribution < -0.4 is 0 Å². The third kappa shape index (κ3) is 2.30. The molecular weight excluding hydrogens is 260 g/mol. The molecule has 0 aliphatic heterocycles. The fourth-order valence-electron chi connectivity index (χ4n) is 1.83. The van der Waals surface area contributed by atoms with E-state index in [1.165, 1.54) is 11.3 Å². The van der Waals surface area contributed by atoms with E-state index in [9.17, 15) is 4.79 Å². The number of carbonyl (C=O) groups excluding carboxylic acids is 1. The average Bonchev–Trinajstić information content (AvgIpc) is 3.08. The van der Waals surface area contributed by atoms with Crippen molar-refractivity contribution in [1.29, 1.82) is 0 Å². The highest BCUT2D eigenvalue weighted by atomic mass is 32.1. The Morgan fingerprint density at radius 2 is 2.11 bits per heavy atom. The summed E-state index contributed by atoms with van der Waals surface area (Å²) in [5.41, 5.74) is 2.22. The lowest BCUT2D eigenvalue weighted by Crippen LogP contribution is -2.04. The monoisotopic (exact) mass is 270 g/mol. The molecule has 0 saturated heterocycles. The maximum absolute atomic E-state index is 11.1. The first kappa shape index (κ1) is 11.7. The number of nitrogens with zero attached hydrogens (tertiary/aromatic N) is 4. The van der Waals surface area contributed by atoms with Gasteiger partial charge < -0.3 is 0 Å². The van der Waals surface area contributed by atoms with Gasteiger partial charge in [0, 0.05) is 18.0 Å². The lowest BCUT2D eigenvalue weighted by Gasteiger charge is -2.03. The first-order valence-corrected chi connectivity index (χ1v) is 6.60. The van der Waals surface area contributed by atoms with Gasteiger partial charge in [0.15, 0.2) is 6.29 Å². The molecule has 2 heterocycles. The molecule has 0 bridgehead atoms. The SMILES string of the molecule is O=Cc1nnn(-c2nccs2)c1Cc1ccccc1. The standard InChI is InChI=1S/C13H10N4OS/c18-9-11-12(8-10-4-2-1-3-5-10)17(16-15-11)13-14-6-7-19-13/h1-7,9H,8H2. The zero-order valence-electron chi connectivity index (χ0n) is 9.93. The highest BCUT2D eigenvalue weighted by molar-refractivity contribution is 7.12. The van der Waals surface area contributed by atoms with Crippen LogP contribution in [-0.4, -0.2) is 26.3 Å². The molecule has 1 aromatic carbocycles. The minimum atomic E-state index is 0.360. The molecule has 0 aliphatic rings. The maximum Gasteiger partial charge on any atom is 0.211 e. The second-order valence-electron chi connectivity index (χ2n) is 3.93. The van der Waals surface area contributed by atoms with Crippen LogP contribution in [0.2, 0.25) is 0 Å². The van der Waals surface area contributed by atoms with Gasteiger partial charge in [-0.05, 0) is 5.56 Å². The van der Waals surface area contributed by atoms with E-state index in [0.717, 1.165) is 17.5 Å². The van der Waals surface area contributed by atoms with Crippen molar-refractivity contribution >= 4 is 17.6 Å². The van der Waals surface area contributed by atoms with Gasteiger partial charge in [0.05, 0.1) is 5.69 Å². The maximum atomic E-state index is 11.1. The molecule has 5 nitrogen and oxygen atoms in total. The lowest BCUT2D eigenvalue weighted by molar-refractivity contribution is 0.111. The Morgan fingerprint density at radius 1 is 1.26 bits per heavy atom. The fraction of sp³-hybridized carbons (Fsp3) is 0.0769. The minimum Gasteiger partial charge on any atom is -0.296 e. The molecule has 0 radical (unpaired) electrons. The summed E-state index contributed by atoms with van der Waals surface area (Å²) < 4.78 is 1.63. The van der Waals surface area contributed by atoms with Crippen LogP contribution in [0.25, 0.3) is 5.13 Å². The Balaban J connectivity index is 2.04. The van der Waals surface area contributed by atoms with Crippen LogP contribution in [0.3, 0.4) is 0 Å². The normalized spacial score (nSPS) is 10.5. The Hall–Kier alpha value is -2.34. The van der Waals surface area contributed by atoms with Gasteiger partial charge in [-0.1, -0.05) is 35.5 Å². The molecule has 0 spiro atoms. The Labute approximate surface area is 113 Å². The van der Waals surface area contributed by atoms with Gasteiger partial charge in [0.2, 0.25) is 5.13 Å². The molecule has 0 unspecified atom stereocenters. The van der Waals surface area contributed by atoms with Crippen LogP contribution in [0.5, 0.6) is 0 Å².